The van der Waals surface area contributed by atoms with E-state index in [4.69, 9.17) is 15.8 Å². The fourth-order valence-electron chi connectivity index (χ4n) is 2.32. The molecule has 1 aliphatic heterocycles. The number of benzene rings is 1. The summed E-state index contributed by atoms with van der Waals surface area (Å²) in [5, 5.41) is 32.2. The Kier molecular flexibility index (Phi) is 3.84. The molecule has 1 amide bonds. The van der Waals surface area contributed by atoms with Gasteiger partial charge in [-0.05, 0) is 17.7 Å². The first-order chi connectivity index (χ1) is 10.4. The first-order valence-corrected chi connectivity index (χ1v) is 6.57. The second kappa shape index (κ2) is 5.60. The summed E-state index contributed by atoms with van der Waals surface area (Å²) in [6.45, 7) is 4.62. The van der Waals surface area contributed by atoms with Crippen LogP contribution >= 0.6 is 0 Å². The van der Waals surface area contributed by atoms with E-state index in [-0.39, 0.29) is 22.6 Å². The number of hydrogen-bond donors (Lipinski definition) is 2. The first-order valence-electron chi connectivity index (χ1n) is 6.57. The van der Waals surface area contributed by atoms with Crippen LogP contribution < -0.4 is 10.6 Å². The number of hydrogen-bond acceptors (Lipinski definition) is 5. The molecule has 0 fully saturated rings. The third kappa shape index (κ3) is 2.61. The molecule has 6 nitrogen and oxygen atoms in total. The van der Waals surface area contributed by atoms with Crippen molar-refractivity contribution in [1.82, 2.24) is 5.32 Å². The summed E-state index contributed by atoms with van der Waals surface area (Å²) < 4.78 is 0. The van der Waals surface area contributed by atoms with Crippen molar-refractivity contribution in [3.8, 4) is 18.2 Å². The Morgan fingerprint density at radius 1 is 1.23 bits per heavy atom. The number of fused-ring (bicyclic) bond motifs is 1. The number of amides is 1. The topological polar surface area (TPSA) is 112 Å². The maximum absolute atomic E-state index is 12.0. The molecule has 0 bridgehead atoms. The van der Waals surface area contributed by atoms with Crippen molar-refractivity contribution in [3.63, 3.8) is 0 Å². The largest absolute Gasteiger partial charge is 0.351 e. The second-order valence-electron chi connectivity index (χ2n) is 5.54. The van der Waals surface area contributed by atoms with Gasteiger partial charge in [-0.3, -0.25) is 4.79 Å². The normalized spacial score (nSPS) is 14.4. The Morgan fingerprint density at radius 3 is 2.50 bits per heavy atom. The Morgan fingerprint density at radius 2 is 1.91 bits per heavy atom. The number of nitrogens with zero attached hydrogens (tertiary/aromatic N) is 3. The average Bonchev–Trinajstić information content (AvgIpc) is 2.51. The third-order valence-corrected chi connectivity index (χ3v) is 3.54. The van der Waals surface area contributed by atoms with E-state index in [9.17, 15) is 4.79 Å². The van der Waals surface area contributed by atoms with Crippen LogP contribution in [0, 0.1) is 34.0 Å². The van der Waals surface area contributed by atoms with Crippen molar-refractivity contribution >= 4 is 11.6 Å². The zero-order valence-corrected chi connectivity index (χ0v) is 12.2. The van der Waals surface area contributed by atoms with E-state index in [0.717, 1.165) is 5.56 Å². The molecule has 2 N–H and O–H groups in total. The lowest BCUT2D eigenvalue weighted by atomic mass is 9.79. The van der Waals surface area contributed by atoms with E-state index in [0.29, 0.717) is 17.8 Å². The van der Waals surface area contributed by atoms with Gasteiger partial charge in [-0.15, -0.1) is 0 Å². The van der Waals surface area contributed by atoms with Crippen molar-refractivity contribution < 1.29 is 4.79 Å². The van der Waals surface area contributed by atoms with Gasteiger partial charge in [0.05, 0.1) is 0 Å². The van der Waals surface area contributed by atoms with Crippen molar-refractivity contribution in [2.24, 2.45) is 0 Å². The van der Waals surface area contributed by atoms with Gasteiger partial charge < -0.3 is 10.6 Å². The number of rotatable bonds is 2. The first kappa shape index (κ1) is 15.1. The van der Waals surface area contributed by atoms with Crippen molar-refractivity contribution in [3.05, 3.63) is 40.6 Å². The molecule has 0 unspecified atom stereocenters. The molecule has 2 rings (SSSR count). The van der Waals surface area contributed by atoms with Gasteiger partial charge in [-0.2, -0.15) is 15.8 Å². The summed E-state index contributed by atoms with van der Waals surface area (Å²) in [6.07, 6.45) is 0. The number of carbonyl (C=O) groups is 1. The Hall–Kier alpha value is -3.30. The van der Waals surface area contributed by atoms with E-state index in [1.54, 1.807) is 30.3 Å². The molecule has 0 radical (unpaired) electrons. The van der Waals surface area contributed by atoms with Crippen LogP contribution in [0.1, 0.15) is 29.8 Å². The van der Waals surface area contributed by atoms with E-state index < -0.39 is 0 Å². The number of anilines is 1. The Labute approximate surface area is 128 Å². The summed E-state index contributed by atoms with van der Waals surface area (Å²) in [5.74, 6) is -0.179. The smallest absolute Gasteiger partial charge is 0.251 e. The highest BCUT2D eigenvalue weighted by Gasteiger charge is 2.31. The number of nitrogens with one attached hydrogen (secondary N) is 2. The highest BCUT2D eigenvalue weighted by Crippen LogP contribution is 2.31. The zero-order valence-electron chi connectivity index (χ0n) is 12.2. The standard InChI is InChI=1S/C16H13N5O/c1-16(2)9-20-15(22)12-5-11(3-4-13(12)16)21-14(8-19)10(6-17)7-18/h3-5,21H,9H2,1-2H3,(H,20,22). The van der Waals surface area contributed by atoms with Crippen molar-refractivity contribution in [1.29, 1.82) is 15.8 Å². The highest BCUT2D eigenvalue weighted by atomic mass is 16.1. The molecule has 0 saturated heterocycles. The van der Waals surface area contributed by atoms with Gasteiger partial charge in [0.1, 0.15) is 23.9 Å². The molecule has 0 spiro atoms. The van der Waals surface area contributed by atoms with Crippen molar-refractivity contribution in [2.75, 3.05) is 11.9 Å². The predicted molar refractivity (Wildman–Crippen MR) is 79.3 cm³/mol. The highest BCUT2D eigenvalue weighted by molar-refractivity contribution is 5.98. The molecular weight excluding hydrogens is 278 g/mol. The number of nitriles is 3. The number of carbonyl (C=O) groups excluding carboxylic acids is 1. The van der Waals surface area contributed by atoms with Gasteiger partial charge >= 0.3 is 0 Å². The fraction of sp³-hybridized carbons (Fsp3) is 0.250. The molecular formula is C16H13N5O. The van der Waals surface area contributed by atoms with Crippen LogP contribution in [-0.4, -0.2) is 12.5 Å². The lowest BCUT2D eigenvalue weighted by Gasteiger charge is -2.32. The third-order valence-electron chi connectivity index (χ3n) is 3.54. The van der Waals surface area contributed by atoms with Crippen LogP contribution in [0.5, 0.6) is 0 Å². The van der Waals surface area contributed by atoms with E-state index in [2.05, 4.69) is 10.6 Å². The summed E-state index contributed by atoms with van der Waals surface area (Å²) >= 11 is 0. The van der Waals surface area contributed by atoms with Gasteiger partial charge in [0.15, 0.2) is 5.57 Å². The lowest BCUT2D eigenvalue weighted by Crippen LogP contribution is -2.43. The van der Waals surface area contributed by atoms with E-state index >= 15 is 0 Å². The minimum absolute atomic E-state index is 0.138. The monoisotopic (exact) mass is 291 g/mol. The molecule has 1 aliphatic rings. The van der Waals surface area contributed by atoms with Gasteiger partial charge in [0.2, 0.25) is 0 Å². The van der Waals surface area contributed by atoms with E-state index in [1.165, 1.54) is 0 Å². The number of allylic oxidation sites excluding steroid dienone is 2. The molecule has 22 heavy (non-hydrogen) atoms. The molecule has 1 heterocycles. The van der Waals surface area contributed by atoms with Gasteiger partial charge in [0.25, 0.3) is 5.91 Å². The predicted octanol–water partition coefficient (Wildman–Crippen LogP) is 1.94. The van der Waals surface area contributed by atoms with Crippen LogP contribution in [0.4, 0.5) is 5.69 Å². The van der Waals surface area contributed by atoms with E-state index in [1.807, 2.05) is 19.9 Å². The van der Waals surface area contributed by atoms with Gasteiger partial charge in [-0.1, -0.05) is 19.9 Å². The Bertz CT molecular complexity index is 783. The summed E-state index contributed by atoms with van der Waals surface area (Å²) in [6, 6.07) is 10.3. The summed E-state index contributed by atoms with van der Waals surface area (Å²) in [5.41, 5.74) is 1.30. The minimum Gasteiger partial charge on any atom is -0.351 e. The van der Waals surface area contributed by atoms with Crippen LogP contribution in [0.15, 0.2) is 29.5 Å². The van der Waals surface area contributed by atoms with Crippen LogP contribution in [0.2, 0.25) is 0 Å². The van der Waals surface area contributed by atoms with Gasteiger partial charge in [-0.25, -0.2) is 0 Å². The molecule has 0 atom stereocenters. The molecule has 0 aliphatic carbocycles. The fourth-order valence-corrected chi connectivity index (χ4v) is 2.32. The van der Waals surface area contributed by atoms with Crippen LogP contribution in [0.3, 0.4) is 0 Å². The van der Waals surface area contributed by atoms with Gasteiger partial charge in [0, 0.05) is 23.2 Å². The molecule has 0 aromatic heterocycles. The summed E-state index contributed by atoms with van der Waals surface area (Å²) in [7, 11) is 0. The zero-order chi connectivity index (χ0) is 16.3. The average molecular weight is 291 g/mol. The molecule has 0 saturated carbocycles. The lowest BCUT2D eigenvalue weighted by molar-refractivity contribution is 0.0930. The minimum atomic E-state index is -0.301. The molecule has 1 aromatic carbocycles. The second-order valence-corrected chi connectivity index (χ2v) is 5.54. The maximum atomic E-state index is 12.0. The summed E-state index contributed by atoms with van der Waals surface area (Å²) in [4.78, 5) is 12.0. The SMILES string of the molecule is CC1(C)CNC(=O)c2cc(NC(C#N)=C(C#N)C#N)ccc21. The van der Waals surface area contributed by atoms with Crippen LogP contribution in [0.25, 0.3) is 0 Å². The molecule has 6 heteroatoms. The van der Waals surface area contributed by atoms with Crippen molar-refractivity contribution in [2.45, 2.75) is 19.3 Å². The molecule has 1 aromatic rings. The Balaban J connectivity index is 2.46. The maximum Gasteiger partial charge on any atom is 0.251 e. The quantitative estimate of drug-likeness (QED) is 0.808. The molecule has 108 valence electrons. The van der Waals surface area contributed by atoms with Crippen LogP contribution in [-0.2, 0) is 5.41 Å².